The lowest BCUT2D eigenvalue weighted by Crippen LogP contribution is -2.24. The Labute approximate surface area is 196 Å². The van der Waals surface area contributed by atoms with Crippen molar-refractivity contribution in [3.8, 4) is 0 Å². The van der Waals surface area contributed by atoms with E-state index in [0.717, 1.165) is 27.3 Å². The summed E-state index contributed by atoms with van der Waals surface area (Å²) < 4.78 is 1.90. The Bertz CT molecular complexity index is 1100. The number of thioether (sulfide) groups is 1. The first-order valence-corrected chi connectivity index (χ1v) is 11.7. The molecule has 0 amide bonds. The monoisotopic (exact) mass is 468 g/mol. The van der Waals surface area contributed by atoms with Crippen molar-refractivity contribution in [3.63, 3.8) is 0 Å². The van der Waals surface area contributed by atoms with Gasteiger partial charge >= 0.3 is 0 Å². The Morgan fingerprint density at radius 1 is 0.935 bits per heavy atom. The summed E-state index contributed by atoms with van der Waals surface area (Å²) >= 11 is 14.0. The molecule has 0 fully saturated rings. The van der Waals surface area contributed by atoms with E-state index < -0.39 is 6.10 Å². The summed E-state index contributed by atoms with van der Waals surface area (Å²) in [5.74, 6) is 0.633. The number of aromatic nitrogens is 2. The number of rotatable bonds is 8. The molecule has 0 aliphatic heterocycles. The average molecular weight is 469 g/mol. The van der Waals surface area contributed by atoms with Crippen molar-refractivity contribution in [1.29, 1.82) is 0 Å². The number of aliphatic hydroxyl groups excluding tert-OH is 1. The van der Waals surface area contributed by atoms with Crippen molar-refractivity contribution in [2.45, 2.75) is 29.2 Å². The van der Waals surface area contributed by atoms with Crippen molar-refractivity contribution < 1.29 is 5.11 Å². The van der Waals surface area contributed by atoms with Crippen LogP contribution in [0.5, 0.6) is 0 Å². The number of hydrogen-bond acceptors (Lipinski definition) is 3. The van der Waals surface area contributed by atoms with Gasteiger partial charge in [0, 0.05) is 39.0 Å². The molecule has 3 nitrogen and oxygen atoms in total. The fourth-order valence-corrected chi connectivity index (χ4v) is 5.04. The zero-order chi connectivity index (χ0) is 21.6. The third-order valence-electron chi connectivity index (χ3n) is 5.15. The number of nitrogens with zero attached hydrogens (tertiary/aromatic N) is 2. The van der Waals surface area contributed by atoms with Crippen LogP contribution in [-0.4, -0.2) is 20.8 Å². The van der Waals surface area contributed by atoms with Crippen molar-refractivity contribution in [2.24, 2.45) is 0 Å². The van der Waals surface area contributed by atoms with Gasteiger partial charge in [-0.1, -0.05) is 71.7 Å². The number of aliphatic hydroxyl groups is 1. The minimum atomic E-state index is -0.581. The van der Waals surface area contributed by atoms with Gasteiger partial charge in [-0.15, -0.1) is 11.8 Å². The molecule has 0 aliphatic rings. The Kier molecular flexibility index (Phi) is 7.36. The van der Waals surface area contributed by atoms with Crippen LogP contribution in [0.1, 0.15) is 22.6 Å². The fourth-order valence-electron chi connectivity index (χ4n) is 3.58. The molecule has 0 saturated carbocycles. The van der Waals surface area contributed by atoms with Crippen molar-refractivity contribution >= 4 is 35.0 Å². The molecule has 1 N–H and O–H groups in total. The van der Waals surface area contributed by atoms with E-state index in [1.807, 2.05) is 41.1 Å². The van der Waals surface area contributed by atoms with Crippen molar-refractivity contribution in [1.82, 2.24) is 9.55 Å². The molecular formula is C25H22Cl2N2OS. The van der Waals surface area contributed by atoms with Gasteiger partial charge in [-0.25, -0.2) is 4.98 Å². The molecule has 0 saturated heterocycles. The lowest BCUT2D eigenvalue weighted by atomic mass is 9.86. The molecule has 2 unspecified atom stereocenters. The predicted molar refractivity (Wildman–Crippen MR) is 129 cm³/mol. The van der Waals surface area contributed by atoms with E-state index in [2.05, 4.69) is 41.4 Å². The molecule has 4 rings (SSSR count). The van der Waals surface area contributed by atoms with Gasteiger partial charge in [-0.05, 0) is 41.0 Å². The van der Waals surface area contributed by atoms with Crippen LogP contribution in [0.2, 0.25) is 10.0 Å². The first-order valence-electron chi connectivity index (χ1n) is 9.95. The summed E-state index contributed by atoms with van der Waals surface area (Å²) in [7, 11) is 0. The van der Waals surface area contributed by atoms with Crippen LogP contribution in [-0.2, 0) is 12.3 Å². The number of hydrogen-bond donors (Lipinski definition) is 1. The summed E-state index contributed by atoms with van der Waals surface area (Å²) in [6, 6.07) is 24.1. The lowest BCUT2D eigenvalue weighted by molar-refractivity contribution is 0.136. The SMILES string of the molecule is OC(Cn1ccnc1)C(c1ccccc1)c1ccc(SCc2ccc(Cl)cc2Cl)cc1. The average Bonchev–Trinajstić information content (AvgIpc) is 3.28. The second-order valence-electron chi connectivity index (χ2n) is 7.31. The van der Waals surface area contributed by atoms with E-state index in [9.17, 15) is 5.11 Å². The molecule has 1 aromatic heterocycles. The Balaban J connectivity index is 1.51. The zero-order valence-electron chi connectivity index (χ0n) is 16.7. The third-order valence-corrected chi connectivity index (χ3v) is 6.80. The summed E-state index contributed by atoms with van der Waals surface area (Å²) in [5.41, 5.74) is 3.22. The van der Waals surface area contributed by atoms with Crippen LogP contribution < -0.4 is 0 Å². The molecule has 0 bridgehead atoms. The van der Waals surface area contributed by atoms with Crippen LogP contribution in [0, 0.1) is 0 Å². The van der Waals surface area contributed by atoms with Crippen LogP contribution in [0.25, 0.3) is 0 Å². The maximum Gasteiger partial charge on any atom is 0.0946 e. The molecule has 1 heterocycles. The molecule has 0 radical (unpaired) electrons. The predicted octanol–water partition coefficient (Wildman–Crippen LogP) is 6.68. The smallest absolute Gasteiger partial charge is 0.0946 e. The van der Waals surface area contributed by atoms with Crippen LogP contribution >= 0.6 is 35.0 Å². The lowest BCUT2D eigenvalue weighted by Gasteiger charge is -2.24. The highest BCUT2D eigenvalue weighted by molar-refractivity contribution is 7.98. The highest BCUT2D eigenvalue weighted by atomic mass is 35.5. The molecule has 0 aliphatic carbocycles. The van der Waals surface area contributed by atoms with E-state index >= 15 is 0 Å². The number of halogens is 2. The van der Waals surface area contributed by atoms with Crippen LogP contribution in [0.4, 0.5) is 0 Å². The van der Waals surface area contributed by atoms with Crippen LogP contribution in [0.15, 0.2) is 96.4 Å². The Morgan fingerprint density at radius 2 is 1.68 bits per heavy atom. The normalized spacial score (nSPS) is 13.1. The topological polar surface area (TPSA) is 38.0 Å². The fraction of sp³-hybridized carbons (Fsp3) is 0.160. The highest BCUT2D eigenvalue weighted by Gasteiger charge is 2.23. The van der Waals surface area contributed by atoms with Crippen LogP contribution in [0.3, 0.4) is 0 Å². The maximum absolute atomic E-state index is 11.1. The van der Waals surface area contributed by atoms with Gasteiger partial charge in [-0.2, -0.15) is 0 Å². The maximum atomic E-state index is 11.1. The van der Waals surface area contributed by atoms with E-state index in [1.165, 1.54) is 0 Å². The van der Waals surface area contributed by atoms with Gasteiger partial charge in [0.25, 0.3) is 0 Å². The molecule has 158 valence electrons. The third kappa shape index (κ3) is 5.72. The van der Waals surface area contributed by atoms with Gasteiger partial charge < -0.3 is 9.67 Å². The molecule has 2 atom stereocenters. The quantitative estimate of drug-likeness (QED) is 0.293. The largest absolute Gasteiger partial charge is 0.390 e. The van der Waals surface area contributed by atoms with Gasteiger partial charge in [0.2, 0.25) is 0 Å². The molecule has 4 aromatic rings. The minimum Gasteiger partial charge on any atom is -0.390 e. The first-order chi connectivity index (χ1) is 15.1. The summed E-state index contributed by atoms with van der Waals surface area (Å²) in [6.07, 6.45) is 4.74. The highest BCUT2D eigenvalue weighted by Crippen LogP contribution is 2.32. The number of imidazole rings is 1. The van der Waals surface area contributed by atoms with Crippen molar-refractivity contribution in [2.75, 3.05) is 0 Å². The van der Waals surface area contributed by atoms with Gasteiger partial charge in [0.15, 0.2) is 0 Å². The second-order valence-corrected chi connectivity index (χ2v) is 9.20. The molecular weight excluding hydrogens is 447 g/mol. The number of benzene rings is 3. The Morgan fingerprint density at radius 3 is 2.35 bits per heavy atom. The van der Waals surface area contributed by atoms with E-state index in [-0.39, 0.29) is 5.92 Å². The minimum absolute atomic E-state index is 0.131. The van der Waals surface area contributed by atoms with E-state index in [1.54, 1.807) is 30.4 Å². The molecule has 3 aromatic carbocycles. The summed E-state index contributed by atoms with van der Waals surface area (Å²) in [4.78, 5) is 5.22. The van der Waals surface area contributed by atoms with Gasteiger partial charge in [-0.3, -0.25) is 0 Å². The summed E-state index contributed by atoms with van der Waals surface area (Å²) in [5, 5.41) is 12.4. The van der Waals surface area contributed by atoms with E-state index in [4.69, 9.17) is 23.2 Å². The van der Waals surface area contributed by atoms with Gasteiger partial charge in [0.1, 0.15) is 0 Å². The molecule has 6 heteroatoms. The first kappa shape index (κ1) is 22.0. The summed E-state index contributed by atoms with van der Waals surface area (Å²) in [6.45, 7) is 0.477. The molecule has 31 heavy (non-hydrogen) atoms. The molecule has 0 spiro atoms. The van der Waals surface area contributed by atoms with Gasteiger partial charge in [0.05, 0.1) is 19.0 Å². The standard InChI is InChI=1S/C25H22Cl2N2OS/c26-21-9-6-20(23(27)14-21)16-31-22-10-7-19(8-11-22)25(18-4-2-1-3-5-18)24(30)15-29-13-12-28-17-29/h1-14,17,24-25,30H,15-16H2. The Hall–Kier alpha value is -2.24. The second kappa shape index (κ2) is 10.4. The van der Waals surface area contributed by atoms with Crippen molar-refractivity contribution in [3.05, 3.63) is 118 Å². The zero-order valence-corrected chi connectivity index (χ0v) is 19.1. The van der Waals surface area contributed by atoms with E-state index in [0.29, 0.717) is 16.6 Å².